The number of piperazine rings is 1. The second-order valence-electron chi connectivity index (χ2n) is 4.96. The smallest absolute Gasteiger partial charge is 0.253 e. The molecule has 1 aliphatic rings. The first kappa shape index (κ1) is 13.1. The molecule has 1 fully saturated rings. The number of amides is 1. The normalized spacial score (nSPS) is 15.4. The third-order valence-electron chi connectivity index (χ3n) is 3.56. The summed E-state index contributed by atoms with van der Waals surface area (Å²) in [6.07, 6.45) is 1.82. The van der Waals surface area contributed by atoms with Crippen LogP contribution in [0.2, 0.25) is 0 Å². The van der Waals surface area contributed by atoms with Crippen LogP contribution < -0.4 is 4.90 Å². The lowest BCUT2D eigenvalue weighted by Crippen LogP contribution is -2.48. The summed E-state index contributed by atoms with van der Waals surface area (Å²) in [6, 6.07) is 7.79. The summed E-state index contributed by atoms with van der Waals surface area (Å²) in [6.45, 7) is 5.25. The van der Waals surface area contributed by atoms with Crippen LogP contribution in [0.25, 0.3) is 0 Å². The molecule has 1 aromatic carbocycles. The number of aryl methyl sites for hydroxylation is 1. The molecule has 0 spiro atoms. The van der Waals surface area contributed by atoms with E-state index in [1.165, 1.54) is 5.56 Å². The van der Waals surface area contributed by atoms with Crippen LogP contribution in [-0.4, -0.2) is 42.0 Å². The third-order valence-corrected chi connectivity index (χ3v) is 4.39. The van der Waals surface area contributed by atoms with E-state index in [1.807, 2.05) is 47.7 Å². The molecule has 4 nitrogen and oxygen atoms in total. The molecule has 0 N–H and O–H groups in total. The number of carbonyl (C=O) groups excluding carboxylic acids is 1. The molecule has 0 unspecified atom stereocenters. The van der Waals surface area contributed by atoms with Crippen molar-refractivity contribution in [1.29, 1.82) is 0 Å². The first-order valence-corrected chi connectivity index (χ1v) is 7.62. The van der Waals surface area contributed by atoms with Gasteiger partial charge in [-0.1, -0.05) is 17.7 Å². The lowest BCUT2D eigenvalue weighted by Gasteiger charge is -2.34. The average molecular weight is 287 g/mol. The van der Waals surface area contributed by atoms with E-state index in [9.17, 15) is 4.79 Å². The van der Waals surface area contributed by atoms with E-state index in [2.05, 4.69) is 9.88 Å². The van der Waals surface area contributed by atoms with Crippen molar-refractivity contribution in [2.75, 3.05) is 31.1 Å². The summed E-state index contributed by atoms with van der Waals surface area (Å²) in [4.78, 5) is 20.9. The van der Waals surface area contributed by atoms with Crippen molar-refractivity contribution in [3.8, 4) is 0 Å². The molecule has 0 bridgehead atoms. The molecule has 5 heteroatoms. The van der Waals surface area contributed by atoms with E-state index in [-0.39, 0.29) is 5.91 Å². The zero-order chi connectivity index (χ0) is 13.9. The van der Waals surface area contributed by atoms with E-state index >= 15 is 0 Å². The Morgan fingerprint density at radius 2 is 1.85 bits per heavy atom. The predicted molar refractivity (Wildman–Crippen MR) is 81.4 cm³/mol. The minimum absolute atomic E-state index is 0.129. The number of hydrogen-bond donors (Lipinski definition) is 0. The summed E-state index contributed by atoms with van der Waals surface area (Å²) < 4.78 is 0. The van der Waals surface area contributed by atoms with Gasteiger partial charge < -0.3 is 9.80 Å². The first-order valence-electron chi connectivity index (χ1n) is 6.74. The molecule has 0 aliphatic carbocycles. The van der Waals surface area contributed by atoms with Gasteiger partial charge in [0.1, 0.15) is 0 Å². The van der Waals surface area contributed by atoms with Crippen LogP contribution in [0.5, 0.6) is 0 Å². The summed E-state index contributed by atoms with van der Waals surface area (Å²) in [5.41, 5.74) is 1.95. The highest BCUT2D eigenvalue weighted by Crippen LogP contribution is 2.19. The average Bonchev–Trinajstić information content (AvgIpc) is 3.02. The Hall–Kier alpha value is -1.88. The minimum Gasteiger partial charge on any atom is -0.345 e. The van der Waals surface area contributed by atoms with Gasteiger partial charge in [0.2, 0.25) is 0 Å². The Morgan fingerprint density at radius 1 is 1.15 bits per heavy atom. The van der Waals surface area contributed by atoms with E-state index in [0.29, 0.717) is 0 Å². The summed E-state index contributed by atoms with van der Waals surface area (Å²) >= 11 is 1.65. The van der Waals surface area contributed by atoms with E-state index < -0.39 is 0 Å². The second kappa shape index (κ2) is 5.63. The van der Waals surface area contributed by atoms with Crippen LogP contribution in [0, 0.1) is 6.92 Å². The molecule has 2 heterocycles. The van der Waals surface area contributed by atoms with Crippen molar-refractivity contribution < 1.29 is 4.79 Å². The predicted octanol–water partition coefficient (Wildman–Crippen LogP) is 2.41. The number of benzene rings is 1. The van der Waals surface area contributed by atoms with Gasteiger partial charge in [0.15, 0.2) is 5.13 Å². The summed E-state index contributed by atoms with van der Waals surface area (Å²) in [5, 5.41) is 3.03. The van der Waals surface area contributed by atoms with Gasteiger partial charge >= 0.3 is 0 Å². The number of hydrogen-bond acceptors (Lipinski definition) is 4. The quantitative estimate of drug-likeness (QED) is 0.851. The van der Waals surface area contributed by atoms with E-state index in [4.69, 9.17) is 0 Å². The van der Waals surface area contributed by atoms with E-state index in [1.54, 1.807) is 11.3 Å². The zero-order valence-corrected chi connectivity index (χ0v) is 12.3. The van der Waals surface area contributed by atoms with Gasteiger partial charge in [0.25, 0.3) is 5.91 Å². The van der Waals surface area contributed by atoms with Gasteiger partial charge in [-0.2, -0.15) is 0 Å². The number of carbonyl (C=O) groups is 1. The maximum Gasteiger partial charge on any atom is 0.253 e. The molecule has 1 aromatic heterocycles. The second-order valence-corrected chi connectivity index (χ2v) is 5.83. The van der Waals surface area contributed by atoms with Crippen LogP contribution in [0.3, 0.4) is 0 Å². The zero-order valence-electron chi connectivity index (χ0n) is 11.5. The molecule has 2 aromatic rings. The molecule has 1 saturated heterocycles. The summed E-state index contributed by atoms with van der Waals surface area (Å²) in [7, 11) is 0. The maximum absolute atomic E-state index is 12.4. The highest BCUT2D eigenvalue weighted by molar-refractivity contribution is 7.13. The molecule has 1 aliphatic heterocycles. The van der Waals surface area contributed by atoms with Crippen LogP contribution >= 0.6 is 11.3 Å². The Kier molecular flexibility index (Phi) is 3.69. The molecule has 0 saturated carbocycles. The summed E-state index contributed by atoms with van der Waals surface area (Å²) in [5.74, 6) is 0.129. The fourth-order valence-electron chi connectivity index (χ4n) is 2.35. The lowest BCUT2D eigenvalue weighted by molar-refractivity contribution is 0.0747. The van der Waals surface area contributed by atoms with E-state index in [0.717, 1.165) is 36.9 Å². The molecular weight excluding hydrogens is 270 g/mol. The molecule has 1 amide bonds. The van der Waals surface area contributed by atoms with Gasteiger partial charge in [0.05, 0.1) is 0 Å². The minimum atomic E-state index is 0.129. The molecule has 104 valence electrons. The Bertz CT molecular complexity index is 572. The topological polar surface area (TPSA) is 36.4 Å². The van der Waals surface area contributed by atoms with Crippen LogP contribution in [0.1, 0.15) is 15.9 Å². The van der Waals surface area contributed by atoms with Crippen molar-refractivity contribution in [3.05, 3.63) is 47.0 Å². The monoisotopic (exact) mass is 287 g/mol. The van der Waals surface area contributed by atoms with Gasteiger partial charge in [-0.05, 0) is 19.1 Å². The number of anilines is 1. The molecule has 20 heavy (non-hydrogen) atoms. The highest BCUT2D eigenvalue weighted by atomic mass is 32.1. The van der Waals surface area contributed by atoms with Gasteiger partial charge in [-0.3, -0.25) is 4.79 Å². The van der Waals surface area contributed by atoms with Crippen molar-refractivity contribution in [1.82, 2.24) is 9.88 Å². The molecular formula is C15H17N3OS. The standard InChI is InChI=1S/C15H17N3OS/c1-12-2-4-13(5-3-12)14(19)17-7-9-18(10-8-17)15-16-6-11-20-15/h2-6,11H,7-10H2,1H3. The largest absolute Gasteiger partial charge is 0.345 e. The number of thiazole rings is 1. The maximum atomic E-state index is 12.4. The number of aromatic nitrogens is 1. The van der Waals surface area contributed by atoms with Gasteiger partial charge in [-0.15, -0.1) is 11.3 Å². The molecule has 0 atom stereocenters. The third kappa shape index (κ3) is 2.67. The van der Waals surface area contributed by atoms with Gasteiger partial charge in [-0.25, -0.2) is 4.98 Å². The van der Waals surface area contributed by atoms with Crippen LogP contribution in [0.15, 0.2) is 35.8 Å². The fourth-order valence-corrected chi connectivity index (χ4v) is 3.05. The highest BCUT2D eigenvalue weighted by Gasteiger charge is 2.23. The van der Waals surface area contributed by atoms with Crippen LogP contribution in [-0.2, 0) is 0 Å². The molecule has 3 rings (SSSR count). The molecule has 0 radical (unpaired) electrons. The SMILES string of the molecule is Cc1ccc(C(=O)N2CCN(c3nccs3)CC2)cc1. The van der Waals surface area contributed by atoms with Crippen molar-refractivity contribution in [2.45, 2.75) is 6.92 Å². The van der Waals surface area contributed by atoms with Crippen LogP contribution in [0.4, 0.5) is 5.13 Å². The van der Waals surface area contributed by atoms with Crippen molar-refractivity contribution in [2.24, 2.45) is 0 Å². The van der Waals surface area contributed by atoms with Crippen molar-refractivity contribution >= 4 is 22.4 Å². The lowest BCUT2D eigenvalue weighted by atomic mass is 10.1. The fraction of sp³-hybridized carbons (Fsp3) is 0.333. The number of rotatable bonds is 2. The van der Waals surface area contributed by atoms with Crippen molar-refractivity contribution in [3.63, 3.8) is 0 Å². The number of nitrogens with zero attached hydrogens (tertiary/aromatic N) is 3. The first-order chi connectivity index (χ1) is 9.74. The Morgan fingerprint density at radius 3 is 2.45 bits per heavy atom. The van der Waals surface area contributed by atoms with Gasteiger partial charge in [0, 0.05) is 43.3 Å². The Balaban J connectivity index is 1.63. The Labute approximate surface area is 122 Å².